The number of benzene rings is 1. The van der Waals surface area contributed by atoms with Gasteiger partial charge in [0.15, 0.2) is 0 Å². The molecule has 0 spiro atoms. The predicted octanol–water partition coefficient (Wildman–Crippen LogP) is 7.02. The Morgan fingerprint density at radius 3 is 2.16 bits per heavy atom. The molecule has 56 heavy (non-hydrogen) atoms. The number of nitrogens with zero attached hydrogens (tertiary/aromatic N) is 5. The van der Waals surface area contributed by atoms with E-state index in [-0.39, 0.29) is 29.2 Å². The van der Waals surface area contributed by atoms with E-state index in [0.29, 0.717) is 85.3 Å². The van der Waals surface area contributed by atoms with Gasteiger partial charge in [0.25, 0.3) is 17.4 Å². The average molecular weight is 786 g/mol. The highest BCUT2D eigenvalue weighted by molar-refractivity contribution is 7.89. The second kappa shape index (κ2) is 17.9. The third-order valence-electron chi connectivity index (χ3n) is 11.5. The molecule has 0 bridgehead atoms. The van der Waals surface area contributed by atoms with E-state index in [1.165, 1.54) is 17.7 Å². The molecule has 0 radical (unpaired) electrons. The fourth-order valence-corrected chi connectivity index (χ4v) is 9.60. The second-order valence-corrected chi connectivity index (χ2v) is 18.0. The van der Waals surface area contributed by atoms with Crippen LogP contribution in [0.25, 0.3) is 22.1 Å². The van der Waals surface area contributed by atoms with Crippen molar-refractivity contribution in [2.45, 2.75) is 96.6 Å². The molecule has 2 aliphatic heterocycles. The van der Waals surface area contributed by atoms with Crippen molar-refractivity contribution >= 4 is 32.8 Å². The zero-order valence-corrected chi connectivity index (χ0v) is 33.6. The number of aryl methyl sites for hydroxylation is 1. The Morgan fingerprint density at radius 1 is 0.839 bits per heavy atom. The topological polar surface area (TPSA) is 135 Å². The van der Waals surface area contributed by atoms with E-state index in [1.54, 1.807) is 58.8 Å². The van der Waals surface area contributed by atoms with Crippen LogP contribution in [-0.2, 0) is 23.6 Å². The van der Waals surface area contributed by atoms with Crippen molar-refractivity contribution in [2.75, 3.05) is 38.5 Å². The number of fused-ring (bicyclic) bond motifs is 2. The van der Waals surface area contributed by atoms with Crippen LogP contribution in [0.2, 0.25) is 0 Å². The number of carbonyl (C=O) groups excluding carboxylic acids is 2. The Bertz CT molecular complexity index is 2160. The van der Waals surface area contributed by atoms with Crippen molar-refractivity contribution in [3.8, 4) is 16.9 Å². The molecular formula is C43H55N5O7S. The lowest BCUT2D eigenvalue weighted by Gasteiger charge is -2.38. The molecule has 3 aliphatic rings. The zero-order chi connectivity index (χ0) is 39.2. The van der Waals surface area contributed by atoms with Crippen LogP contribution in [0.1, 0.15) is 110 Å². The lowest BCUT2D eigenvalue weighted by molar-refractivity contribution is 0.0651. The van der Waals surface area contributed by atoms with Crippen molar-refractivity contribution in [1.29, 1.82) is 0 Å². The van der Waals surface area contributed by atoms with Gasteiger partial charge in [-0.3, -0.25) is 29.2 Å². The number of unbranched alkanes of at least 4 members (excludes halogenated alkanes) is 9. The molecule has 13 heteroatoms. The summed E-state index contributed by atoms with van der Waals surface area (Å²) in [5.41, 5.74) is 3.01. The van der Waals surface area contributed by atoms with Crippen molar-refractivity contribution in [3.63, 3.8) is 0 Å². The third-order valence-corrected chi connectivity index (χ3v) is 13.5. The number of hydrogen-bond donors (Lipinski definition) is 0. The highest BCUT2D eigenvalue weighted by Gasteiger charge is 2.35. The van der Waals surface area contributed by atoms with Crippen molar-refractivity contribution in [3.05, 3.63) is 82.2 Å². The summed E-state index contributed by atoms with van der Waals surface area (Å²) in [6.07, 6.45) is 17.6. The van der Waals surface area contributed by atoms with E-state index in [9.17, 15) is 22.8 Å². The van der Waals surface area contributed by atoms with Crippen LogP contribution in [0.5, 0.6) is 5.75 Å². The van der Waals surface area contributed by atoms with Crippen LogP contribution < -0.4 is 10.3 Å². The molecule has 4 aromatic rings. The van der Waals surface area contributed by atoms with Gasteiger partial charge in [-0.1, -0.05) is 63.5 Å². The number of imide groups is 1. The predicted molar refractivity (Wildman–Crippen MR) is 216 cm³/mol. The summed E-state index contributed by atoms with van der Waals surface area (Å²) in [6, 6.07) is 10.7. The summed E-state index contributed by atoms with van der Waals surface area (Å²) in [5, 5.41) is 0.508. The summed E-state index contributed by atoms with van der Waals surface area (Å²) in [4.78, 5) is 46.1. The van der Waals surface area contributed by atoms with Gasteiger partial charge in [0.1, 0.15) is 17.1 Å². The lowest BCUT2D eigenvalue weighted by Crippen LogP contribution is -2.53. The molecule has 12 nitrogen and oxygen atoms in total. The quantitative estimate of drug-likeness (QED) is 0.0685. The molecule has 2 fully saturated rings. The fourth-order valence-electron chi connectivity index (χ4n) is 7.97. The van der Waals surface area contributed by atoms with Gasteiger partial charge >= 0.3 is 0 Å². The van der Waals surface area contributed by atoms with Gasteiger partial charge < -0.3 is 13.7 Å². The molecule has 1 unspecified atom stereocenters. The highest BCUT2D eigenvalue weighted by Crippen LogP contribution is 2.37. The molecule has 1 saturated carbocycles. The molecule has 300 valence electrons. The zero-order valence-electron chi connectivity index (χ0n) is 32.8. The van der Waals surface area contributed by atoms with Crippen molar-refractivity contribution in [2.24, 2.45) is 13.0 Å². The van der Waals surface area contributed by atoms with Crippen LogP contribution in [0.4, 0.5) is 0 Å². The molecule has 7 rings (SSSR count). The first-order chi connectivity index (χ1) is 27.1. The summed E-state index contributed by atoms with van der Waals surface area (Å²) < 4.78 is 42.4. The van der Waals surface area contributed by atoms with Crippen LogP contribution in [0.3, 0.4) is 0 Å². The number of carbonyl (C=O) groups is 2. The highest BCUT2D eigenvalue weighted by atomic mass is 32.2. The van der Waals surface area contributed by atoms with Crippen LogP contribution in [0, 0.1) is 5.92 Å². The fraction of sp³-hybridized carbons (Fsp3) is 0.535. The van der Waals surface area contributed by atoms with Gasteiger partial charge in [0, 0.05) is 62.8 Å². The van der Waals surface area contributed by atoms with Gasteiger partial charge in [-0.25, -0.2) is 8.42 Å². The van der Waals surface area contributed by atoms with E-state index in [2.05, 4.69) is 9.88 Å². The maximum Gasteiger partial charge on any atom is 0.261 e. The summed E-state index contributed by atoms with van der Waals surface area (Å²) >= 11 is 0. The molecule has 2 amide bonds. The maximum absolute atomic E-state index is 13.3. The van der Waals surface area contributed by atoms with Gasteiger partial charge in [-0.2, -0.15) is 4.31 Å². The number of piperazine rings is 1. The first-order valence-corrected chi connectivity index (χ1v) is 22.1. The third kappa shape index (κ3) is 9.27. The van der Waals surface area contributed by atoms with Gasteiger partial charge in [0.2, 0.25) is 10.0 Å². The molecule has 1 aromatic carbocycles. The summed E-state index contributed by atoms with van der Waals surface area (Å²) in [6.45, 7) is 5.07. The Morgan fingerprint density at radius 2 is 1.50 bits per heavy atom. The van der Waals surface area contributed by atoms with E-state index in [0.717, 1.165) is 68.9 Å². The van der Waals surface area contributed by atoms with Crippen LogP contribution in [0.15, 0.2) is 64.2 Å². The Kier molecular flexibility index (Phi) is 12.7. The number of furan rings is 1. The van der Waals surface area contributed by atoms with Gasteiger partial charge in [0.05, 0.1) is 41.6 Å². The van der Waals surface area contributed by atoms with Crippen molar-refractivity contribution in [1.82, 2.24) is 23.7 Å². The van der Waals surface area contributed by atoms with Gasteiger partial charge in [-0.15, -0.1) is 0 Å². The maximum atomic E-state index is 13.3. The second-order valence-electron chi connectivity index (χ2n) is 15.9. The Hall–Kier alpha value is -4.33. The first kappa shape index (κ1) is 39.9. The van der Waals surface area contributed by atoms with E-state index >= 15 is 0 Å². The minimum absolute atomic E-state index is 0.0148. The summed E-state index contributed by atoms with van der Waals surface area (Å²) in [7, 11) is -1.61. The number of ether oxygens (including phenoxy) is 1. The number of amides is 2. The molecule has 1 saturated heterocycles. The van der Waals surface area contributed by atoms with Crippen LogP contribution in [-0.4, -0.2) is 88.5 Å². The molecule has 5 heterocycles. The number of hydrogen-bond acceptors (Lipinski definition) is 9. The molecule has 1 atom stereocenters. The SMILES string of the molecule is CC1CN(S(=O)(=O)CCCCCCCCCCCCN2C(=O)c3ccccc3C2=O)CCN1Cc1cc2c(=O)n(C)cc(-c3ccncc3OCC3CC3)c2o1. The smallest absolute Gasteiger partial charge is 0.261 e. The Labute approximate surface area is 329 Å². The largest absolute Gasteiger partial charge is 0.491 e. The van der Waals surface area contributed by atoms with Crippen LogP contribution >= 0.6 is 0 Å². The number of sulfonamides is 1. The average Bonchev–Trinajstić information content (AvgIpc) is 3.88. The normalized spacial score (nSPS) is 18.0. The molecule has 0 N–H and O–H groups in total. The first-order valence-electron chi connectivity index (χ1n) is 20.5. The van der Waals surface area contributed by atoms with E-state index in [4.69, 9.17) is 9.15 Å². The lowest BCUT2D eigenvalue weighted by atomic mass is 10.1. The number of pyridine rings is 2. The minimum atomic E-state index is -3.35. The summed E-state index contributed by atoms with van der Waals surface area (Å²) in [5.74, 6) is 1.74. The Balaban J connectivity index is 0.801. The molecule has 3 aromatic heterocycles. The standard InChI is InChI=1S/C43H55N5O7S/c1-31-27-47(56(52,53)24-14-10-8-6-4-3-5-7-9-13-21-48-42(50)35-15-11-12-16-36(35)43(48)51)23-22-46(31)28-33-25-37-40(55-33)38(29-45(2)41(37)49)34-19-20-44-26-39(34)54-30-32-17-18-32/h11-12,15-16,19-20,25-26,29,31-32H,3-10,13-14,17-18,21-24,27-28,30H2,1-2H3. The molecular weight excluding hydrogens is 731 g/mol. The van der Waals surface area contributed by atoms with E-state index < -0.39 is 10.0 Å². The molecule has 1 aliphatic carbocycles. The van der Waals surface area contributed by atoms with Crippen molar-refractivity contribution < 1.29 is 27.2 Å². The van der Waals surface area contributed by atoms with Gasteiger partial charge in [-0.05, 0) is 62.8 Å². The monoisotopic (exact) mass is 785 g/mol. The van der Waals surface area contributed by atoms with E-state index in [1.807, 2.05) is 19.1 Å². The number of aromatic nitrogens is 2. The minimum Gasteiger partial charge on any atom is -0.491 e. The number of rotatable bonds is 20.